The molecule has 1 fully saturated rings. The molecule has 1 aliphatic rings. The summed E-state index contributed by atoms with van der Waals surface area (Å²) in [6.45, 7) is 7.65. The van der Waals surface area contributed by atoms with Gasteiger partial charge in [0.2, 0.25) is 11.8 Å². The van der Waals surface area contributed by atoms with E-state index >= 15 is 0 Å². The fourth-order valence-corrected chi connectivity index (χ4v) is 3.09. The second kappa shape index (κ2) is 11.2. The van der Waals surface area contributed by atoms with Crippen LogP contribution in [-0.4, -0.2) is 28.6 Å². The molecule has 0 saturated heterocycles. The summed E-state index contributed by atoms with van der Waals surface area (Å²) in [4.78, 5) is 13.5. The number of pyridine rings is 1. The van der Waals surface area contributed by atoms with Crippen molar-refractivity contribution >= 4 is 29.9 Å². The van der Waals surface area contributed by atoms with Crippen molar-refractivity contribution in [2.45, 2.75) is 65.6 Å². The number of guanidine groups is 1. The average Bonchev–Trinajstić information content (AvgIpc) is 3.28. The quantitative estimate of drug-likeness (QED) is 0.342. The van der Waals surface area contributed by atoms with Gasteiger partial charge in [-0.1, -0.05) is 6.07 Å². The van der Waals surface area contributed by atoms with E-state index in [1.165, 1.54) is 12.8 Å². The molecule has 0 spiro atoms. The molecular formula is C20H30IN5O2. The van der Waals surface area contributed by atoms with Gasteiger partial charge in [0.05, 0.1) is 18.8 Å². The summed E-state index contributed by atoms with van der Waals surface area (Å²) >= 11 is 0. The van der Waals surface area contributed by atoms with Gasteiger partial charge in [0.15, 0.2) is 5.96 Å². The molecule has 0 bridgehead atoms. The lowest BCUT2D eigenvalue weighted by molar-refractivity contribution is 0.199. The molecule has 0 radical (unpaired) electrons. The van der Waals surface area contributed by atoms with Gasteiger partial charge in [-0.3, -0.25) is 0 Å². The number of rotatable bonds is 7. The van der Waals surface area contributed by atoms with Crippen molar-refractivity contribution in [3.05, 3.63) is 41.2 Å². The second-order valence-electron chi connectivity index (χ2n) is 6.79. The van der Waals surface area contributed by atoms with Crippen LogP contribution in [0, 0.1) is 13.8 Å². The van der Waals surface area contributed by atoms with Crippen LogP contribution in [-0.2, 0) is 13.1 Å². The summed E-state index contributed by atoms with van der Waals surface area (Å²) in [5, 5.41) is 6.51. The van der Waals surface area contributed by atoms with E-state index in [-0.39, 0.29) is 30.1 Å². The zero-order valence-electron chi connectivity index (χ0n) is 16.8. The van der Waals surface area contributed by atoms with Gasteiger partial charge < -0.3 is 19.8 Å². The smallest absolute Gasteiger partial charge is 0.218 e. The summed E-state index contributed by atoms with van der Waals surface area (Å²) in [6.07, 6.45) is 6.74. The minimum absolute atomic E-state index is 0. The molecule has 1 saturated carbocycles. The molecule has 2 aromatic rings. The van der Waals surface area contributed by atoms with Crippen molar-refractivity contribution in [2.75, 3.05) is 6.54 Å². The molecule has 2 N–H and O–H groups in total. The second-order valence-corrected chi connectivity index (χ2v) is 6.79. The third kappa shape index (κ3) is 6.35. The van der Waals surface area contributed by atoms with Crippen LogP contribution in [0.15, 0.2) is 27.7 Å². The Morgan fingerprint density at radius 1 is 1.29 bits per heavy atom. The molecule has 0 aromatic carbocycles. The van der Waals surface area contributed by atoms with E-state index in [9.17, 15) is 0 Å². The van der Waals surface area contributed by atoms with Crippen LogP contribution < -0.4 is 15.4 Å². The van der Waals surface area contributed by atoms with E-state index in [1.807, 2.05) is 32.9 Å². The van der Waals surface area contributed by atoms with Gasteiger partial charge in [-0.15, -0.1) is 24.0 Å². The van der Waals surface area contributed by atoms with Crippen LogP contribution in [0.3, 0.4) is 0 Å². The van der Waals surface area contributed by atoms with Crippen molar-refractivity contribution in [1.29, 1.82) is 0 Å². The maximum atomic E-state index is 6.10. The van der Waals surface area contributed by atoms with Crippen LogP contribution in [0.25, 0.3) is 0 Å². The number of aliphatic imine (C=N–C) groups is 1. The normalized spacial score (nSPS) is 14.6. The van der Waals surface area contributed by atoms with E-state index in [0.29, 0.717) is 30.8 Å². The van der Waals surface area contributed by atoms with Gasteiger partial charge in [-0.05, 0) is 52.5 Å². The fraction of sp³-hybridized carbons (Fsp3) is 0.550. The zero-order valence-corrected chi connectivity index (χ0v) is 19.2. The lowest BCUT2D eigenvalue weighted by Gasteiger charge is -2.15. The maximum absolute atomic E-state index is 6.10. The van der Waals surface area contributed by atoms with Gasteiger partial charge >= 0.3 is 0 Å². The highest BCUT2D eigenvalue weighted by molar-refractivity contribution is 14.0. The predicted octanol–water partition coefficient (Wildman–Crippen LogP) is 3.88. The predicted molar refractivity (Wildman–Crippen MR) is 120 cm³/mol. The summed E-state index contributed by atoms with van der Waals surface area (Å²) in [5.74, 6) is 2.91. The Labute approximate surface area is 183 Å². The number of ether oxygens (including phenoxy) is 1. The number of aryl methyl sites for hydroxylation is 2. The highest BCUT2D eigenvalue weighted by Crippen LogP contribution is 2.25. The standard InChI is InChI=1S/C20H29N5O2.HI/c1-4-21-20(24-13-18-25-14(2)15(3)26-18)23-12-16-8-7-11-22-19(16)27-17-9-5-6-10-17;/h7-8,11,17H,4-6,9-10,12-13H2,1-3H3,(H2,21,23,24);1H. The van der Waals surface area contributed by atoms with E-state index in [2.05, 4.69) is 25.6 Å². The molecular weight excluding hydrogens is 469 g/mol. The molecule has 2 aromatic heterocycles. The molecule has 7 nitrogen and oxygen atoms in total. The Hall–Kier alpha value is -1.84. The first-order valence-electron chi connectivity index (χ1n) is 9.71. The summed E-state index contributed by atoms with van der Waals surface area (Å²) in [6, 6.07) is 3.94. The average molecular weight is 499 g/mol. The summed E-state index contributed by atoms with van der Waals surface area (Å²) < 4.78 is 11.7. The third-order valence-electron chi connectivity index (χ3n) is 4.66. The van der Waals surface area contributed by atoms with Crippen molar-refractivity contribution in [2.24, 2.45) is 4.99 Å². The van der Waals surface area contributed by atoms with Crippen LogP contribution in [0.2, 0.25) is 0 Å². The summed E-state index contributed by atoms with van der Waals surface area (Å²) in [5.41, 5.74) is 1.90. The Morgan fingerprint density at radius 3 is 2.75 bits per heavy atom. The first-order valence-corrected chi connectivity index (χ1v) is 9.71. The van der Waals surface area contributed by atoms with Crippen LogP contribution >= 0.6 is 24.0 Å². The van der Waals surface area contributed by atoms with Gasteiger partial charge in [0.25, 0.3) is 0 Å². The Balaban J connectivity index is 0.00000280. The van der Waals surface area contributed by atoms with Gasteiger partial charge in [0, 0.05) is 18.3 Å². The van der Waals surface area contributed by atoms with Crippen molar-refractivity contribution in [3.8, 4) is 5.88 Å². The lowest BCUT2D eigenvalue weighted by atomic mass is 10.2. The number of halogens is 1. The number of nitrogens with one attached hydrogen (secondary N) is 2. The Morgan fingerprint density at radius 2 is 2.07 bits per heavy atom. The van der Waals surface area contributed by atoms with Crippen molar-refractivity contribution in [3.63, 3.8) is 0 Å². The van der Waals surface area contributed by atoms with E-state index in [1.54, 1.807) is 6.20 Å². The lowest BCUT2D eigenvalue weighted by Crippen LogP contribution is -2.36. The topological polar surface area (TPSA) is 84.6 Å². The molecule has 0 aliphatic heterocycles. The Kier molecular flexibility index (Phi) is 9.01. The number of aromatic nitrogens is 2. The zero-order chi connectivity index (χ0) is 19.1. The van der Waals surface area contributed by atoms with E-state index in [4.69, 9.17) is 9.15 Å². The van der Waals surface area contributed by atoms with Crippen LogP contribution in [0.5, 0.6) is 5.88 Å². The molecule has 28 heavy (non-hydrogen) atoms. The first kappa shape index (κ1) is 22.4. The first-order chi connectivity index (χ1) is 13.2. The van der Waals surface area contributed by atoms with Crippen LogP contribution in [0.1, 0.15) is 55.5 Å². The molecule has 2 heterocycles. The van der Waals surface area contributed by atoms with Crippen LogP contribution in [0.4, 0.5) is 0 Å². The molecule has 8 heteroatoms. The van der Waals surface area contributed by atoms with E-state index < -0.39 is 0 Å². The van der Waals surface area contributed by atoms with Crippen molar-refractivity contribution < 1.29 is 9.15 Å². The summed E-state index contributed by atoms with van der Waals surface area (Å²) in [7, 11) is 0. The minimum atomic E-state index is 0. The molecule has 3 rings (SSSR count). The Bertz CT molecular complexity index is 752. The molecule has 0 amide bonds. The number of hydrogen-bond donors (Lipinski definition) is 2. The van der Waals surface area contributed by atoms with E-state index in [0.717, 1.165) is 36.4 Å². The molecule has 1 aliphatic carbocycles. The van der Waals surface area contributed by atoms with Gasteiger partial charge in [0.1, 0.15) is 11.9 Å². The largest absolute Gasteiger partial charge is 0.474 e. The highest BCUT2D eigenvalue weighted by Gasteiger charge is 2.18. The minimum Gasteiger partial charge on any atom is -0.474 e. The van der Waals surface area contributed by atoms with Crippen molar-refractivity contribution in [1.82, 2.24) is 20.6 Å². The fourth-order valence-electron chi connectivity index (χ4n) is 3.09. The molecule has 154 valence electrons. The third-order valence-corrected chi connectivity index (χ3v) is 4.66. The van der Waals surface area contributed by atoms with Gasteiger partial charge in [-0.25, -0.2) is 15.0 Å². The SMILES string of the molecule is CCNC(=NCc1cccnc1OC1CCCC1)NCc1nc(C)c(C)o1.I. The monoisotopic (exact) mass is 499 g/mol. The highest BCUT2D eigenvalue weighted by atomic mass is 127. The number of hydrogen-bond acceptors (Lipinski definition) is 5. The maximum Gasteiger partial charge on any atom is 0.218 e. The molecule has 0 unspecified atom stereocenters. The number of nitrogens with zero attached hydrogens (tertiary/aromatic N) is 3. The molecule has 0 atom stereocenters. The van der Waals surface area contributed by atoms with Gasteiger partial charge in [-0.2, -0.15) is 0 Å². The number of oxazole rings is 1.